The molecule has 0 bridgehead atoms. The van der Waals surface area contributed by atoms with Crippen molar-refractivity contribution in [3.05, 3.63) is 82.8 Å². The fraction of sp³-hybridized carbons (Fsp3) is 0.0526. The van der Waals surface area contributed by atoms with E-state index in [2.05, 4.69) is 20.4 Å². The number of carbonyl (C=O) groups is 1. The van der Waals surface area contributed by atoms with Crippen molar-refractivity contribution in [2.45, 2.75) is 6.42 Å². The third-order valence-corrected chi connectivity index (χ3v) is 4.08. The molecule has 2 aromatic carbocycles. The first kappa shape index (κ1) is 16.6. The number of aromatic amines is 1. The van der Waals surface area contributed by atoms with Crippen LogP contribution in [-0.2, 0) is 11.2 Å². The van der Waals surface area contributed by atoms with Gasteiger partial charge in [0.25, 0.3) is 5.56 Å². The third-order valence-electron chi connectivity index (χ3n) is 4.08. The van der Waals surface area contributed by atoms with Gasteiger partial charge in [0.15, 0.2) is 5.65 Å². The Bertz CT molecular complexity index is 1180. The number of amides is 1. The number of halogens is 1. The molecule has 7 nitrogen and oxygen atoms in total. The van der Waals surface area contributed by atoms with Gasteiger partial charge in [-0.2, -0.15) is 5.10 Å². The number of carbonyl (C=O) groups excluding carboxylic acids is 1. The molecule has 134 valence electrons. The Balaban J connectivity index is 1.52. The summed E-state index contributed by atoms with van der Waals surface area (Å²) in [7, 11) is 0. The first-order valence-corrected chi connectivity index (χ1v) is 8.17. The van der Waals surface area contributed by atoms with Crippen molar-refractivity contribution in [2.75, 3.05) is 5.32 Å². The van der Waals surface area contributed by atoms with Gasteiger partial charge in [0.05, 0.1) is 24.6 Å². The normalized spacial score (nSPS) is 10.9. The summed E-state index contributed by atoms with van der Waals surface area (Å²) in [6.07, 6.45) is 2.72. The lowest BCUT2D eigenvalue weighted by Gasteiger charge is -2.08. The van der Waals surface area contributed by atoms with E-state index in [1.54, 1.807) is 42.5 Å². The van der Waals surface area contributed by atoms with Crippen molar-refractivity contribution in [1.82, 2.24) is 19.7 Å². The van der Waals surface area contributed by atoms with Crippen LogP contribution in [0.3, 0.4) is 0 Å². The molecule has 0 radical (unpaired) electrons. The summed E-state index contributed by atoms with van der Waals surface area (Å²) in [5, 5.41) is 7.31. The molecule has 0 aliphatic rings. The van der Waals surface area contributed by atoms with Crippen molar-refractivity contribution in [3.8, 4) is 5.69 Å². The van der Waals surface area contributed by atoms with Gasteiger partial charge >= 0.3 is 0 Å². The number of aromatic nitrogens is 4. The van der Waals surface area contributed by atoms with E-state index in [0.29, 0.717) is 28.0 Å². The topological polar surface area (TPSA) is 92.7 Å². The first-order valence-electron chi connectivity index (χ1n) is 8.17. The van der Waals surface area contributed by atoms with Crippen LogP contribution in [0.5, 0.6) is 0 Å². The molecule has 0 aliphatic heterocycles. The van der Waals surface area contributed by atoms with Crippen LogP contribution in [0.1, 0.15) is 5.56 Å². The molecule has 0 atom stereocenters. The summed E-state index contributed by atoms with van der Waals surface area (Å²) in [4.78, 5) is 30.5. The first-order chi connectivity index (χ1) is 13.1. The van der Waals surface area contributed by atoms with Gasteiger partial charge in [-0.3, -0.25) is 9.59 Å². The second-order valence-corrected chi connectivity index (χ2v) is 5.89. The molecule has 1 amide bonds. The maximum atomic E-state index is 13.6. The van der Waals surface area contributed by atoms with Gasteiger partial charge in [0.2, 0.25) is 5.91 Å². The predicted octanol–water partition coefficient (Wildman–Crippen LogP) is 2.43. The Morgan fingerprint density at radius 1 is 1.15 bits per heavy atom. The van der Waals surface area contributed by atoms with E-state index < -0.39 is 5.82 Å². The van der Waals surface area contributed by atoms with Crippen LogP contribution in [0.15, 0.2) is 65.8 Å². The average Bonchev–Trinajstić information content (AvgIpc) is 3.10. The van der Waals surface area contributed by atoms with Crippen molar-refractivity contribution in [1.29, 1.82) is 0 Å². The smallest absolute Gasteiger partial charge is 0.261 e. The minimum Gasteiger partial charge on any atom is -0.326 e. The van der Waals surface area contributed by atoms with Crippen LogP contribution in [0.25, 0.3) is 16.7 Å². The lowest BCUT2D eigenvalue weighted by molar-refractivity contribution is -0.115. The zero-order chi connectivity index (χ0) is 18.8. The largest absolute Gasteiger partial charge is 0.326 e. The Morgan fingerprint density at radius 3 is 2.70 bits per heavy atom. The Kier molecular flexibility index (Phi) is 4.21. The van der Waals surface area contributed by atoms with E-state index in [-0.39, 0.29) is 17.9 Å². The molecule has 0 saturated heterocycles. The van der Waals surface area contributed by atoms with Crippen molar-refractivity contribution >= 4 is 22.6 Å². The number of benzene rings is 2. The molecule has 0 aliphatic carbocycles. The summed E-state index contributed by atoms with van der Waals surface area (Å²) in [5.41, 5.74) is 1.78. The SMILES string of the molecule is O=C(Cc1ccccc1F)Nc1ccc(-n2ncc3c(=O)[nH]cnc32)cc1. The minimum absolute atomic E-state index is 0.0507. The lowest BCUT2D eigenvalue weighted by Crippen LogP contribution is -2.15. The van der Waals surface area contributed by atoms with Crippen LogP contribution in [0.4, 0.5) is 10.1 Å². The van der Waals surface area contributed by atoms with Crippen LogP contribution in [0.2, 0.25) is 0 Å². The predicted molar refractivity (Wildman–Crippen MR) is 98.2 cm³/mol. The Morgan fingerprint density at radius 2 is 1.93 bits per heavy atom. The van der Waals surface area contributed by atoms with Crippen LogP contribution < -0.4 is 10.9 Å². The van der Waals surface area contributed by atoms with E-state index in [4.69, 9.17) is 0 Å². The highest BCUT2D eigenvalue weighted by Crippen LogP contribution is 2.17. The number of hydrogen-bond acceptors (Lipinski definition) is 4. The zero-order valence-electron chi connectivity index (χ0n) is 14.0. The number of hydrogen-bond donors (Lipinski definition) is 2. The van der Waals surface area contributed by atoms with E-state index in [9.17, 15) is 14.0 Å². The van der Waals surface area contributed by atoms with Gasteiger partial charge in [-0.05, 0) is 35.9 Å². The molecule has 2 N–H and O–H groups in total. The summed E-state index contributed by atoms with van der Waals surface area (Å²) in [6.45, 7) is 0. The second kappa shape index (κ2) is 6.83. The summed E-state index contributed by atoms with van der Waals surface area (Å²) in [5.74, 6) is -0.721. The van der Waals surface area contributed by atoms with Gasteiger partial charge in [0.1, 0.15) is 11.2 Å². The second-order valence-electron chi connectivity index (χ2n) is 5.89. The van der Waals surface area contributed by atoms with Gasteiger partial charge in [-0.15, -0.1) is 0 Å². The minimum atomic E-state index is -0.406. The molecular weight excluding hydrogens is 349 g/mol. The van der Waals surface area contributed by atoms with Gasteiger partial charge < -0.3 is 10.3 Å². The number of nitrogens with zero attached hydrogens (tertiary/aromatic N) is 3. The standard InChI is InChI=1S/C19H14FN5O2/c20-16-4-2-1-3-12(16)9-17(26)24-13-5-7-14(8-6-13)25-18-15(10-23-25)19(27)22-11-21-18/h1-8,10-11H,9H2,(H,24,26)(H,21,22,27). The molecule has 2 heterocycles. The average molecular weight is 363 g/mol. The summed E-state index contributed by atoms with van der Waals surface area (Å²) < 4.78 is 15.2. The maximum absolute atomic E-state index is 13.6. The number of rotatable bonds is 4. The molecule has 0 fully saturated rings. The molecule has 27 heavy (non-hydrogen) atoms. The van der Waals surface area contributed by atoms with Gasteiger partial charge in [-0.25, -0.2) is 14.1 Å². The molecule has 0 saturated carbocycles. The molecule has 2 aromatic heterocycles. The Hall–Kier alpha value is -3.81. The van der Waals surface area contributed by atoms with E-state index in [1.165, 1.54) is 23.3 Å². The lowest BCUT2D eigenvalue weighted by atomic mass is 10.1. The maximum Gasteiger partial charge on any atom is 0.261 e. The highest BCUT2D eigenvalue weighted by atomic mass is 19.1. The molecule has 4 aromatic rings. The molecule has 0 spiro atoms. The van der Waals surface area contributed by atoms with Crippen molar-refractivity contribution in [3.63, 3.8) is 0 Å². The molecular formula is C19H14FN5O2. The van der Waals surface area contributed by atoms with Crippen molar-refractivity contribution in [2.24, 2.45) is 0 Å². The van der Waals surface area contributed by atoms with Gasteiger partial charge in [0, 0.05) is 5.69 Å². The summed E-state index contributed by atoms with van der Waals surface area (Å²) >= 11 is 0. The van der Waals surface area contributed by atoms with E-state index in [1.807, 2.05) is 0 Å². The zero-order valence-corrected chi connectivity index (χ0v) is 14.0. The molecule has 0 unspecified atom stereocenters. The van der Waals surface area contributed by atoms with Crippen LogP contribution in [-0.4, -0.2) is 25.7 Å². The van der Waals surface area contributed by atoms with Crippen molar-refractivity contribution < 1.29 is 9.18 Å². The third kappa shape index (κ3) is 3.32. The molecule has 4 rings (SSSR count). The number of fused-ring (bicyclic) bond motifs is 1. The monoisotopic (exact) mass is 363 g/mol. The Labute approximate surface area is 152 Å². The van der Waals surface area contributed by atoms with Crippen LogP contribution in [0, 0.1) is 5.82 Å². The fourth-order valence-electron chi connectivity index (χ4n) is 2.75. The van der Waals surface area contributed by atoms with E-state index in [0.717, 1.165) is 0 Å². The van der Waals surface area contributed by atoms with Gasteiger partial charge in [-0.1, -0.05) is 18.2 Å². The van der Waals surface area contributed by atoms with E-state index >= 15 is 0 Å². The number of anilines is 1. The highest BCUT2D eigenvalue weighted by molar-refractivity contribution is 5.92. The number of H-pyrrole nitrogens is 1. The number of nitrogens with one attached hydrogen (secondary N) is 2. The van der Waals surface area contributed by atoms with Crippen LogP contribution >= 0.6 is 0 Å². The summed E-state index contributed by atoms with van der Waals surface area (Å²) in [6, 6.07) is 13.1. The highest BCUT2D eigenvalue weighted by Gasteiger charge is 2.10. The quantitative estimate of drug-likeness (QED) is 0.582. The fourth-order valence-corrected chi connectivity index (χ4v) is 2.75. The molecule has 8 heteroatoms.